The molecule has 0 amide bonds. The molecule has 0 aliphatic heterocycles. The van der Waals surface area contributed by atoms with Gasteiger partial charge in [-0.15, -0.1) is 0 Å². The van der Waals surface area contributed by atoms with Crippen LogP contribution in [0.5, 0.6) is 0 Å². The lowest BCUT2D eigenvalue weighted by atomic mass is 10.2. The predicted molar refractivity (Wildman–Crippen MR) is 25.1 cm³/mol. The van der Waals surface area contributed by atoms with Crippen LogP contribution in [0, 0.1) is 0 Å². The van der Waals surface area contributed by atoms with Crippen LogP contribution in [0.1, 0.15) is 13.3 Å². The summed E-state index contributed by atoms with van der Waals surface area (Å²) in [6, 6.07) is 0. The van der Waals surface area contributed by atoms with Crippen molar-refractivity contribution in [3.63, 3.8) is 0 Å². The van der Waals surface area contributed by atoms with E-state index in [1.54, 1.807) is 6.92 Å². The van der Waals surface area contributed by atoms with Gasteiger partial charge in [-0.1, -0.05) is 13.5 Å². The summed E-state index contributed by atoms with van der Waals surface area (Å²) in [5.41, 5.74) is 0.153. The molecular formula is C5H7O2. The van der Waals surface area contributed by atoms with Gasteiger partial charge in [0.2, 0.25) is 0 Å². The molecule has 1 radical (unpaired) electrons. The molecule has 0 rings (SSSR count). The smallest absolute Gasteiger partial charge is 0.242 e. The van der Waals surface area contributed by atoms with Gasteiger partial charge in [0.25, 0.3) is 0 Å². The molecular weight excluding hydrogens is 92.1 g/mol. The van der Waals surface area contributed by atoms with Gasteiger partial charge in [0.15, 0.2) is 0 Å². The summed E-state index contributed by atoms with van der Waals surface area (Å²) in [5.74, 6) is -1.15. The van der Waals surface area contributed by atoms with Gasteiger partial charge in [-0.05, 0) is 6.42 Å². The van der Waals surface area contributed by atoms with E-state index in [-0.39, 0.29) is 5.57 Å². The van der Waals surface area contributed by atoms with E-state index in [0.29, 0.717) is 6.42 Å². The van der Waals surface area contributed by atoms with Crippen LogP contribution in [0.25, 0.3) is 0 Å². The summed E-state index contributed by atoms with van der Waals surface area (Å²) in [7, 11) is 0. The van der Waals surface area contributed by atoms with E-state index in [9.17, 15) is 9.90 Å². The molecule has 0 aliphatic carbocycles. The zero-order valence-electron chi connectivity index (χ0n) is 4.23. The molecule has 0 saturated heterocycles. The van der Waals surface area contributed by atoms with Crippen LogP contribution in [0.15, 0.2) is 12.2 Å². The molecule has 0 aromatic heterocycles. The number of rotatable bonds is 2. The average molecular weight is 99.1 g/mol. The maximum absolute atomic E-state index is 9.72. The highest BCUT2D eigenvalue weighted by Crippen LogP contribution is 1.93. The van der Waals surface area contributed by atoms with Crippen LogP contribution in [-0.2, 0) is 9.90 Å². The second kappa shape index (κ2) is 2.39. The van der Waals surface area contributed by atoms with E-state index >= 15 is 0 Å². The van der Waals surface area contributed by atoms with E-state index < -0.39 is 5.97 Å². The number of carbonyl (C=O) groups excluding carboxylic acids is 1. The minimum atomic E-state index is -1.15. The van der Waals surface area contributed by atoms with Gasteiger partial charge in [-0.3, -0.25) is 0 Å². The Morgan fingerprint density at radius 3 is 2.14 bits per heavy atom. The summed E-state index contributed by atoms with van der Waals surface area (Å²) < 4.78 is 0. The largest absolute Gasteiger partial charge is 0.381 e. The lowest BCUT2D eigenvalue weighted by Gasteiger charge is -1.84. The van der Waals surface area contributed by atoms with Crippen LogP contribution >= 0.6 is 0 Å². The fourth-order valence-corrected chi connectivity index (χ4v) is 0.144. The van der Waals surface area contributed by atoms with Gasteiger partial charge in [0, 0.05) is 5.57 Å². The zero-order valence-corrected chi connectivity index (χ0v) is 4.23. The molecule has 2 nitrogen and oxygen atoms in total. The molecule has 0 aliphatic rings. The van der Waals surface area contributed by atoms with Crippen molar-refractivity contribution < 1.29 is 9.90 Å². The molecule has 0 aromatic carbocycles. The van der Waals surface area contributed by atoms with Crippen LogP contribution < -0.4 is 0 Å². The highest BCUT2D eigenvalue weighted by atomic mass is 16.4. The minimum absolute atomic E-state index is 0.153. The molecule has 39 valence electrons. The Morgan fingerprint density at radius 2 is 2.14 bits per heavy atom. The Hall–Kier alpha value is -0.790. The Bertz CT molecular complexity index is 94.3. The Labute approximate surface area is 42.5 Å². The molecule has 0 N–H and O–H groups in total. The van der Waals surface area contributed by atoms with Crippen molar-refractivity contribution in [2.75, 3.05) is 0 Å². The first-order valence-corrected chi connectivity index (χ1v) is 2.07. The summed E-state index contributed by atoms with van der Waals surface area (Å²) in [4.78, 5) is 9.72. The van der Waals surface area contributed by atoms with Crippen LogP contribution in [0.3, 0.4) is 0 Å². The van der Waals surface area contributed by atoms with Gasteiger partial charge < -0.3 is 0 Å². The van der Waals surface area contributed by atoms with Gasteiger partial charge in [0.05, 0.1) is 0 Å². The molecule has 0 atom stereocenters. The first-order valence-electron chi connectivity index (χ1n) is 2.07. The maximum atomic E-state index is 9.72. The van der Waals surface area contributed by atoms with E-state index in [1.807, 2.05) is 0 Å². The Morgan fingerprint density at radius 1 is 1.71 bits per heavy atom. The van der Waals surface area contributed by atoms with Crippen molar-refractivity contribution >= 4 is 5.97 Å². The maximum Gasteiger partial charge on any atom is 0.381 e. The Kier molecular flexibility index (Phi) is 2.12. The van der Waals surface area contributed by atoms with Crippen LogP contribution in [-0.4, -0.2) is 5.97 Å². The van der Waals surface area contributed by atoms with Gasteiger partial charge >= 0.3 is 5.97 Å². The number of carbonyl (C=O) groups is 1. The molecule has 0 unspecified atom stereocenters. The van der Waals surface area contributed by atoms with Crippen molar-refractivity contribution in [3.05, 3.63) is 12.2 Å². The number of hydrogen-bond acceptors (Lipinski definition) is 1. The third-order valence-electron chi connectivity index (χ3n) is 0.715. The molecule has 0 saturated carbocycles. The SMILES string of the molecule is C=C(CC)C([O])=O. The summed E-state index contributed by atoms with van der Waals surface area (Å²) in [6.45, 7) is 4.93. The van der Waals surface area contributed by atoms with E-state index in [4.69, 9.17) is 0 Å². The quantitative estimate of drug-likeness (QED) is 0.474. The van der Waals surface area contributed by atoms with Gasteiger partial charge in [0.1, 0.15) is 0 Å². The monoisotopic (exact) mass is 99.0 g/mol. The minimum Gasteiger partial charge on any atom is -0.242 e. The molecule has 0 spiro atoms. The van der Waals surface area contributed by atoms with Crippen LogP contribution in [0.4, 0.5) is 0 Å². The van der Waals surface area contributed by atoms with Crippen LogP contribution in [0.2, 0.25) is 0 Å². The van der Waals surface area contributed by atoms with Gasteiger partial charge in [-0.2, -0.15) is 0 Å². The second-order valence-corrected chi connectivity index (χ2v) is 1.24. The summed E-state index contributed by atoms with van der Waals surface area (Å²) >= 11 is 0. The highest BCUT2D eigenvalue weighted by molar-refractivity contribution is 5.85. The Balaban J connectivity index is 3.58. The average Bonchev–Trinajstić information content (AvgIpc) is 1.65. The third-order valence-corrected chi connectivity index (χ3v) is 0.715. The molecule has 0 fully saturated rings. The second-order valence-electron chi connectivity index (χ2n) is 1.24. The summed E-state index contributed by atoms with van der Waals surface area (Å²) in [6.07, 6.45) is 0.461. The van der Waals surface area contributed by atoms with E-state index in [2.05, 4.69) is 6.58 Å². The highest BCUT2D eigenvalue weighted by Gasteiger charge is 2.00. The normalized spacial score (nSPS) is 8.14. The summed E-state index contributed by atoms with van der Waals surface area (Å²) in [5, 5.41) is 9.72. The molecule has 0 aromatic rings. The molecule has 0 heterocycles. The van der Waals surface area contributed by atoms with Crippen molar-refractivity contribution in [1.29, 1.82) is 0 Å². The van der Waals surface area contributed by atoms with Crippen molar-refractivity contribution in [1.82, 2.24) is 0 Å². The predicted octanol–water partition coefficient (Wildman–Crippen LogP) is 0.910. The zero-order chi connectivity index (χ0) is 5.86. The lowest BCUT2D eigenvalue weighted by molar-refractivity contribution is -0.138. The number of hydrogen-bond donors (Lipinski definition) is 0. The third kappa shape index (κ3) is 1.98. The molecule has 7 heavy (non-hydrogen) atoms. The first kappa shape index (κ1) is 6.21. The van der Waals surface area contributed by atoms with Crippen molar-refractivity contribution in [2.24, 2.45) is 0 Å². The molecule has 0 bridgehead atoms. The first-order chi connectivity index (χ1) is 3.18. The fraction of sp³-hybridized carbons (Fsp3) is 0.400. The topological polar surface area (TPSA) is 37.0 Å². The van der Waals surface area contributed by atoms with E-state index in [1.165, 1.54) is 0 Å². The van der Waals surface area contributed by atoms with Crippen molar-refractivity contribution in [2.45, 2.75) is 13.3 Å². The fourth-order valence-electron chi connectivity index (χ4n) is 0.144. The molecule has 2 heteroatoms. The standard InChI is InChI=1S/C5H7O2/c1-3-4(2)5(6)7/h2-3H2,1H3. The van der Waals surface area contributed by atoms with Gasteiger partial charge in [-0.25, -0.2) is 9.90 Å². The lowest BCUT2D eigenvalue weighted by Crippen LogP contribution is -1.93. The van der Waals surface area contributed by atoms with E-state index in [0.717, 1.165) is 0 Å². The van der Waals surface area contributed by atoms with Crippen molar-refractivity contribution in [3.8, 4) is 0 Å².